The molecule has 3 nitrogen and oxygen atoms in total. The minimum Gasteiger partial charge on any atom is -0.392 e. The fourth-order valence-electron chi connectivity index (χ4n) is 1.92. The van der Waals surface area contributed by atoms with E-state index in [9.17, 15) is 0 Å². The molecular weight excluding hydrogens is 260 g/mol. The molecule has 0 saturated heterocycles. The van der Waals surface area contributed by atoms with Crippen LogP contribution in [0, 0.1) is 6.92 Å². The van der Waals surface area contributed by atoms with Gasteiger partial charge in [-0.2, -0.15) is 0 Å². The molecule has 0 aliphatic heterocycles. The van der Waals surface area contributed by atoms with Crippen molar-refractivity contribution in [3.8, 4) is 0 Å². The van der Waals surface area contributed by atoms with Crippen LogP contribution in [-0.2, 0) is 13.2 Å². The van der Waals surface area contributed by atoms with Gasteiger partial charge >= 0.3 is 0 Å². The van der Waals surface area contributed by atoms with Gasteiger partial charge in [0, 0.05) is 23.5 Å². The molecule has 0 amide bonds. The Bertz CT molecular complexity index is 572. The third kappa shape index (κ3) is 3.46. The molecule has 0 fully saturated rings. The summed E-state index contributed by atoms with van der Waals surface area (Å²) < 4.78 is 0. The summed E-state index contributed by atoms with van der Waals surface area (Å²) in [5.41, 5.74) is 3.78. The zero-order chi connectivity index (χ0) is 13.8. The van der Waals surface area contributed by atoms with Gasteiger partial charge in [0.2, 0.25) is 0 Å². The highest BCUT2D eigenvalue weighted by Crippen LogP contribution is 2.24. The second-order valence-corrected chi connectivity index (χ2v) is 4.97. The van der Waals surface area contributed by atoms with Crippen molar-refractivity contribution in [1.82, 2.24) is 4.98 Å². The molecule has 1 heterocycles. The van der Waals surface area contributed by atoms with Crippen molar-refractivity contribution in [1.29, 1.82) is 0 Å². The van der Waals surface area contributed by atoms with Crippen molar-refractivity contribution in [3.05, 3.63) is 58.4 Å². The summed E-state index contributed by atoms with van der Waals surface area (Å²) in [5.74, 6) is 0. The predicted molar refractivity (Wildman–Crippen MR) is 78.5 cm³/mol. The van der Waals surface area contributed by atoms with E-state index < -0.39 is 0 Å². The fourth-order valence-corrected chi connectivity index (χ4v) is 2.16. The van der Waals surface area contributed by atoms with Gasteiger partial charge in [-0.15, -0.1) is 0 Å². The normalized spacial score (nSPS) is 10.5. The number of aryl methyl sites for hydroxylation is 1. The van der Waals surface area contributed by atoms with Crippen LogP contribution >= 0.6 is 11.6 Å². The second-order valence-electron chi connectivity index (χ2n) is 4.56. The molecule has 0 atom stereocenters. The Hall–Kier alpha value is -1.58. The zero-order valence-electron chi connectivity index (χ0n) is 11.1. The van der Waals surface area contributed by atoms with Crippen LogP contribution < -0.4 is 4.90 Å². The first kappa shape index (κ1) is 13.8. The van der Waals surface area contributed by atoms with Crippen LogP contribution in [0.25, 0.3) is 0 Å². The van der Waals surface area contributed by atoms with E-state index in [0.717, 1.165) is 29.2 Å². The Labute approximate surface area is 118 Å². The smallest absolute Gasteiger partial charge is 0.0696 e. The number of rotatable bonds is 4. The maximum absolute atomic E-state index is 9.11. The van der Waals surface area contributed by atoms with Crippen LogP contribution in [0.4, 0.5) is 5.69 Å². The molecular formula is C15H17ClN2O. The van der Waals surface area contributed by atoms with E-state index in [1.807, 2.05) is 50.4 Å². The number of pyridine rings is 1. The molecule has 100 valence electrons. The van der Waals surface area contributed by atoms with E-state index in [-0.39, 0.29) is 6.61 Å². The average Bonchev–Trinajstić information content (AvgIpc) is 2.38. The quantitative estimate of drug-likeness (QED) is 0.932. The molecule has 0 aliphatic rings. The molecule has 0 aliphatic carbocycles. The summed E-state index contributed by atoms with van der Waals surface area (Å²) >= 11 is 6.10. The van der Waals surface area contributed by atoms with Crippen LogP contribution in [0.1, 0.15) is 17.0 Å². The van der Waals surface area contributed by atoms with Crippen LogP contribution in [0.2, 0.25) is 5.02 Å². The summed E-state index contributed by atoms with van der Waals surface area (Å²) in [6.07, 6.45) is 0. The molecule has 0 radical (unpaired) electrons. The number of nitrogens with zero attached hydrogens (tertiary/aromatic N) is 2. The molecule has 2 aromatic rings. The van der Waals surface area contributed by atoms with Gasteiger partial charge in [0.15, 0.2) is 0 Å². The molecule has 0 bridgehead atoms. The van der Waals surface area contributed by atoms with Crippen molar-refractivity contribution in [2.45, 2.75) is 20.1 Å². The number of aliphatic hydroxyl groups is 1. The van der Waals surface area contributed by atoms with Gasteiger partial charge in [-0.1, -0.05) is 23.7 Å². The van der Waals surface area contributed by atoms with Crippen molar-refractivity contribution in [2.24, 2.45) is 0 Å². The minimum atomic E-state index is -0.0394. The fraction of sp³-hybridized carbons (Fsp3) is 0.267. The van der Waals surface area contributed by atoms with Crippen LogP contribution in [0.3, 0.4) is 0 Å². The van der Waals surface area contributed by atoms with Crippen molar-refractivity contribution >= 4 is 17.3 Å². The first-order valence-electron chi connectivity index (χ1n) is 6.13. The topological polar surface area (TPSA) is 36.4 Å². The third-order valence-corrected chi connectivity index (χ3v) is 3.34. The van der Waals surface area contributed by atoms with E-state index in [1.165, 1.54) is 0 Å². The maximum atomic E-state index is 9.11. The highest BCUT2D eigenvalue weighted by atomic mass is 35.5. The Morgan fingerprint density at radius 1 is 1.26 bits per heavy atom. The molecule has 1 aromatic carbocycles. The van der Waals surface area contributed by atoms with Gasteiger partial charge in [-0.25, -0.2) is 0 Å². The van der Waals surface area contributed by atoms with Gasteiger partial charge in [-0.3, -0.25) is 4.98 Å². The molecule has 0 spiro atoms. The Kier molecular flexibility index (Phi) is 4.40. The number of hydrogen-bond acceptors (Lipinski definition) is 3. The molecule has 2 rings (SSSR count). The average molecular weight is 277 g/mol. The lowest BCUT2D eigenvalue weighted by atomic mass is 10.2. The lowest BCUT2D eigenvalue weighted by Gasteiger charge is -2.20. The molecule has 19 heavy (non-hydrogen) atoms. The molecule has 1 aromatic heterocycles. The number of benzene rings is 1. The van der Waals surface area contributed by atoms with E-state index in [1.54, 1.807) is 0 Å². The lowest BCUT2D eigenvalue weighted by molar-refractivity contribution is 0.282. The summed E-state index contributed by atoms with van der Waals surface area (Å²) in [4.78, 5) is 6.56. The zero-order valence-corrected chi connectivity index (χ0v) is 11.9. The van der Waals surface area contributed by atoms with Gasteiger partial charge < -0.3 is 10.0 Å². The van der Waals surface area contributed by atoms with Crippen LogP contribution in [-0.4, -0.2) is 17.1 Å². The predicted octanol–water partition coefficient (Wildman–Crippen LogP) is 3.17. The summed E-state index contributed by atoms with van der Waals surface area (Å²) in [5, 5.41) is 9.69. The molecule has 0 unspecified atom stereocenters. The van der Waals surface area contributed by atoms with Gasteiger partial charge in [0.1, 0.15) is 0 Å². The number of anilines is 1. The number of aromatic nitrogens is 1. The first-order chi connectivity index (χ1) is 9.10. The van der Waals surface area contributed by atoms with Crippen LogP contribution in [0.5, 0.6) is 0 Å². The maximum Gasteiger partial charge on any atom is 0.0696 e. The van der Waals surface area contributed by atoms with E-state index >= 15 is 0 Å². The largest absolute Gasteiger partial charge is 0.392 e. The van der Waals surface area contributed by atoms with Gasteiger partial charge in [0.25, 0.3) is 0 Å². The van der Waals surface area contributed by atoms with Crippen molar-refractivity contribution in [3.63, 3.8) is 0 Å². The monoisotopic (exact) mass is 276 g/mol. The third-order valence-electron chi connectivity index (χ3n) is 2.99. The van der Waals surface area contributed by atoms with Crippen LogP contribution in [0.15, 0.2) is 36.4 Å². The SMILES string of the molecule is Cc1cccc(CN(C)c2ccc(CO)c(Cl)c2)n1. The number of aliphatic hydroxyl groups excluding tert-OH is 1. The standard InChI is InChI=1S/C15H17ClN2O/c1-11-4-3-5-13(17-11)9-18(2)14-7-6-12(10-19)15(16)8-14/h3-8,19H,9-10H2,1-2H3. The second kappa shape index (κ2) is 6.04. The van der Waals surface area contributed by atoms with E-state index in [2.05, 4.69) is 9.88 Å². The minimum absolute atomic E-state index is 0.0394. The summed E-state index contributed by atoms with van der Waals surface area (Å²) in [6, 6.07) is 11.7. The Morgan fingerprint density at radius 2 is 2.05 bits per heavy atom. The number of hydrogen-bond donors (Lipinski definition) is 1. The number of halogens is 1. The molecule has 4 heteroatoms. The van der Waals surface area contributed by atoms with Gasteiger partial charge in [0.05, 0.1) is 18.8 Å². The molecule has 1 N–H and O–H groups in total. The summed E-state index contributed by atoms with van der Waals surface area (Å²) in [7, 11) is 1.99. The van der Waals surface area contributed by atoms with E-state index in [0.29, 0.717) is 5.02 Å². The first-order valence-corrected chi connectivity index (χ1v) is 6.51. The van der Waals surface area contributed by atoms with Crippen molar-refractivity contribution < 1.29 is 5.11 Å². The Morgan fingerprint density at radius 3 is 2.68 bits per heavy atom. The Balaban J connectivity index is 2.15. The highest BCUT2D eigenvalue weighted by Gasteiger charge is 2.06. The van der Waals surface area contributed by atoms with E-state index in [4.69, 9.17) is 16.7 Å². The van der Waals surface area contributed by atoms with Gasteiger partial charge in [-0.05, 0) is 36.8 Å². The molecule has 0 saturated carbocycles. The van der Waals surface area contributed by atoms with Crippen molar-refractivity contribution in [2.75, 3.05) is 11.9 Å². The summed E-state index contributed by atoms with van der Waals surface area (Å²) in [6.45, 7) is 2.66. The lowest BCUT2D eigenvalue weighted by Crippen LogP contribution is -2.17. The highest BCUT2D eigenvalue weighted by molar-refractivity contribution is 6.31.